The molecule has 2 heterocycles. The fourth-order valence-electron chi connectivity index (χ4n) is 2.02. The maximum Gasteiger partial charge on any atom is 0.325 e. The Bertz CT molecular complexity index is 647. The first-order chi connectivity index (χ1) is 8.46. The van der Waals surface area contributed by atoms with Crippen molar-refractivity contribution in [3.8, 4) is 0 Å². The van der Waals surface area contributed by atoms with Crippen molar-refractivity contribution >= 4 is 10.0 Å². The van der Waals surface area contributed by atoms with Crippen LogP contribution in [0.4, 0.5) is 0 Å². The molecule has 0 saturated carbocycles. The van der Waals surface area contributed by atoms with Gasteiger partial charge < -0.3 is 10.1 Å². The van der Waals surface area contributed by atoms with Crippen molar-refractivity contribution in [1.82, 2.24) is 14.3 Å². The number of aliphatic hydroxyl groups is 1. The van der Waals surface area contributed by atoms with E-state index in [0.29, 0.717) is 12.8 Å². The van der Waals surface area contributed by atoms with Gasteiger partial charge in [-0.1, -0.05) is 0 Å². The minimum absolute atomic E-state index is 0.256. The summed E-state index contributed by atoms with van der Waals surface area (Å²) in [4.78, 5) is 25.8. The van der Waals surface area contributed by atoms with Gasteiger partial charge in [-0.25, -0.2) is 13.2 Å². The Morgan fingerprint density at radius 3 is 2.78 bits per heavy atom. The van der Waals surface area contributed by atoms with Crippen molar-refractivity contribution in [3.05, 3.63) is 27.0 Å². The summed E-state index contributed by atoms with van der Waals surface area (Å²) >= 11 is 0. The topological polar surface area (TPSA) is 123 Å². The summed E-state index contributed by atoms with van der Waals surface area (Å²) in [5.41, 5.74) is -1.72. The second-order valence-electron chi connectivity index (χ2n) is 4.03. The largest absolute Gasteiger partial charge is 0.395 e. The Morgan fingerprint density at radius 1 is 1.44 bits per heavy atom. The van der Waals surface area contributed by atoms with Crippen LogP contribution in [0.15, 0.2) is 20.7 Å². The molecular weight excluding hydrogens is 262 g/mol. The molecule has 0 aliphatic carbocycles. The number of aromatic nitrogens is 2. The minimum atomic E-state index is -3.99. The van der Waals surface area contributed by atoms with Crippen LogP contribution in [0.25, 0.3) is 0 Å². The molecule has 1 aromatic rings. The lowest BCUT2D eigenvalue weighted by Crippen LogP contribution is -2.40. The molecule has 1 saturated heterocycles. The van der Waals surface area contributed by atoms with Crippen LogP contribution in [0.1, 0.15) is 12.8 Å². The van der Waals surface area contributed by atoms with E-state index in [0.717, 1.165) is 10.5 Å². The first-order valence-corrected chi connectivity index (χ1v) is 6.85. The molecule has 1 aromatic heterocycles. The molecule has 9 heteroatoms. The molecule has 0 amide bonds. The van der Waals surface area contributed by atoms with Gasteiger partial charge in [-0.3, -0.25) is 9.78 Å². The number of hydrogen-bond donors (Lipinski definition) is 3. The molecule has 1 atom stereocenters. The Kier molecular flexibility index (Phi) is 3.37. The summed E-state index contributed by atoms with van der Waals surface area (Å²) in [7, 11) is -3.99. The lowest BCUT2D eigenvalue weighted by Gasteiger charge is -2.21. The van der Waals surface area contributed by atoms with Crippen molar-refractivity contribution < 1.29 is 13.5 Å². The summed E-state index contributed by atoms with van der Waals surface area (Å²) < 4.78 is 25.5. The van der Waals surface area contributed by atoms with Crippen LogP contribution in [0.3, 0.4) is 0 Å². The summed E-state index contributed by atoms with van der Waals surface area (Å²) in [6, 6.07) is -0.513. The lowest BCUT2D eigenvalue weighted by molar-refractivity contribution is 0.213. The summed E-state index contributed by atoms with van der Waals surface area (Å²) in [6.45, 7) is -0.0351. The average Bonchev–Trinajstić information content (AvgIpc) is 2.76. The third-order valence-corrected chi connectivity index (χ3v) is 4.86. The normalized spacial score (nSPS) is 21.3. The highest BCUT2D eigenvalue weighted by Gasteiger charge is 2.36. The van der Waals surface area contributed by atoms with Crippen LogP contribution >= 0.6 is 0 Å². The SMILES string of the molecule is O=c1[nH]cc(S(=O)(=O)N2CCC[C@@H]2CO)c(=O)[nH]1. The van der Waals surface area contributed by atoms with Gasteiger partial charge in [0.05, 0.1) is 6.61 Å². The lowest BCUT2D eigenvalue weighted by atomic mass is 10.2. The molecule has 0 unspecified atom stereocenters. The predicted octanol–water partition coefficient (Wildman–Crippen LogP) is -1.79. The Hall–Kier alpha value is -1.45. The highest BCUT2D eigenvalue weighted by molar-refractivity contribution is 7.89. The quantitative estimate of drug-likeness (QED) is 0.601. The zero-order valence-corrected chi connectivity index (χ0v) is 10.2. The number of sulfonamides is 1. The zero-order chi connectivity index (χ0) is 13.3. The third kappa shape index (κ3) is 2.11. The van der Waals surface area contributed by atoms with Gasteiger partial charge >= 0.3 is 5.69 Å². The minimum Gasteiger partial charge on any atom is -0.395 e. The van der Waals surface area contributed by atoms with E-state index in [4.69, 9.17) is 5.11 Å². The van der Waals surface area contributed by atoms with E-state index < -0.39 is 32.2 Å². The molecule has 1 aliphatic rings. The number of H-pyrrole nitrogens is 2. The number of nitrogens with one attached hydrogen (secondary N) is 2. The molecule has 0 spiro atoms. The number of aliphatic hydroxyl groups excluding tert-OH is 1. The van der Waals surface area contributed by atoms with Crippen LogP contribution in [0.2, 0.25) is 0 Å². The smallest absolute Gasteiger partial charge is 0.325 e. The molecule has 0 bridgehead atoms. The highest BCUT2D eigenvalue weighted by atomic mass is 32.2. The third-order valence-electron chi connectivity index (χ3n) is 2.91. The van der Waals surface area contributed by atoms with E-state index >= 15 is 0 Å². The van der Waals surface area contributed by atoms with Crippen molar-refractivity contribution in [2.75, 3.05) is 13.2 Å². The molecule has 0 radical (unpaired) electrons. The predicted molar refractivity (Wildman–Crippen MR) is 61.7 cm³/mol. The van der Waals surface area contributed by atoms with Crippen molar-refractivity contribution in [2.24, 2.45) is 0 Å². The molecule has 2 rings (SSSR count). The first-order valence-electron chi connectivity index (χ1n) is 5.41. The van der Waals surface area contributed by atoms with Crippen LogP contribution in [0, 0.1) is 0 Å². The number of rotatable bonds is 3. The molecule has 0 aromatic carbocycles. The van der Waals surface area contributed by atoms with Crippen LogP contribution < -0.4 is 11.2 Å². The molecular formula is C9H13N3O5S. The van der Waals surface area contributed by atoms with Gasteiger partial charge in [0, 0.05) is 18.8 Å². The zero-order valence-electron chi connectivity index (χ0n) is 9.42. The number of hydrogen-bond acceptors (Lipinski definition) is 5. The van der Waals surface area contributed by atoms with Gasteiger partial charge in [-0.2, -0.15) is 4.31 Å². The summed E-state index contributed by atoms with van der Waals surface area (Å²) in [5.74, 6) is 0. The molecule has 8 nitrogen and oxygen atoms in total. The van der Waals surface area contributed by atoms with E-state index in [1.165, 1.54) is 0 Å². The van der Waals surface area contributed by atoms with Gasteiger partial charge in [0.2, 0.25) is 10.0 Å². The van der Waals surface area contributed by atoms with E-state index in [1.807, 2.05) is 4.98 Å². The van der Waals surface area contributed by atoms with E-state index in [-0.39, 0.29) is 13.2 Å². The maximum absolute atomic E-state index is 12.2. The molecule has 1 fully saturated rings. The highest BCUT2D eigenvalue weighted by Crippen LogP contribution is 2.23. The Balaban J connectivity index is 2.48. The van der Waals surface area contributed by atoms with E-state index in [9.17, 15) is 18.0 Å². The van der Waals surface area contributed by atoms with Gasteiger partial charge in [-0.15, -0.1) is 0 Å². The van der Waals surface area contributed by atoms with Crippen molar-refractivity contribution in [2.45, 2.75) is 23.8 Å². The van der Waals surface area contributed by atoms with Gasteiger partial charge in [-0.05, 0) is 12.8 Å². The second-order valence-corrected chi connectivity index (χ2v) is 5.89. The van der Waals surface area contributed by atoms with Crippen LogP contribution in [-0.4, -0.2) is 47.0 Å². The maximum atomic E-state index is 12.2. The second kappa shape index (κ2) is 4.67. The standard InChI is InChI=1S/C9H13N3O5S/c13-5-6-2-1-3-12(6)18(16,17)7-4-10-9(15)11-8(7)14/h4,6,13H,1-3,5H2,(H2,10,11,14,15)/t6-/m1/s1. The average molecular weight is 275 g/mol. The van der Waals surface area contributed by atoms with Crippen LogP contribution in [-0.2, 0) is 10.0 Å². The van der Waals surface area contributed by atoms with E-state index in [2.05, 4.69) is 4.98 Å². The molecule has 18 heavy (non-hydrogen) atoms. The molecule has 3 N–H and O–H groups in total. The molecule has 1 aliphatic heterocycles. The monoisotopic (exact) mass is 275 g/mol. The first kappa shape index (κ1) is 13.0. The summed E-state index contributed by atoms with van der Waals surface area (Å²) in [5, 5.41) is 9.11. The van der Waals surface area contributed by atoms with Gasteiger partial charge in [0.1, 0.15) is 0 Å². The van der Waals surface area contributed by atoms with Crippen molar-refractivity contribution in [1.29, 1.82) is 0 Å². The fraction of sp³-hybridized carbons (Fsp3) is 0.556. The Labute approximate surface area is 102 Å². The Morgan fingerprint density at radius 2 is 2.17 bits per heavy atom. The van der Waals surface area contributed by atoms with Gasteiger partial charge in [0.15, 0.2) is 4.90 Å². The van der Waals surface area contributed by atoms with Gasteiger partial charge in [0.25, 0.3) is 5.56 Å². The van der Waals surface area contributed by atoms with Crippen LogP contribution in [0.5, 0.6) is 0 Å². The number of nitrogens with zero attached hydrogens (tertiary/aromatic N) is 1. The van der Waals surface area contributed by atoms with Crippen molar-refractivity contribution in [3.63, 3.8) is 0 Å². The molecule has 100 valence electrons. The number of aromatic amines is 2. The fourth-order valence-corrected chi connectivity index (χ4v) is 3.70. The van der Waals surface area contributed by atoms with E-state index in [1.54, 1.807) is 0 Å². The summed E-state index contributed by atoms with van der Waals surface area (Å²) in [6.07, 6.45) is 2.06.